The molecule has 1 N–H and O–H groups in total. The highest BCUT2D eigenvalue weighted by Crippen LogP contribution is 2.39. The van der Waals surface area contributed by atoms with Gasteiger partial charge in [0.05, 0.1) is 24.1 Å². The van der Waals surface area contributed by atoms with E-state index in [0.717, 1.165) is 39.5 Å². The number of carboxylic acid groups (broad SMARTS) is 1. The van der Waals surface area contributed by atoms with E-state index in [-0.39, 0.29) is 4.88 Å². The molecule has 0 aliphatic rings. The summed E-state index contributed by atoms with van der Waals surface area (Å²) >= 11 is 1.15. The Bertz CT molecular complexity index is 1410. The second-order valence-corrected chi connectivity index (χ2v) is 8.27. The van der Waals surface area contributed by atoms with Crippen LogP contribution in [0.1, 0.15) is 9.67 Å². The van der Waals surface area contributed by atoms with Gasteiger partial charge in [0.1, 0.15) is 21.3 Å². The van der Waals surface area contributed by atoms with Crippen molar-refractivity contribution in [3.05, 3.63) is 96.0 Å². The van der Waals surface area contributed by atoms with E-state index in [0.29, 0.717) is 16.4 Å². The van der Waals surface area contributed by atoms with Gasteiger partial charge in [-0.25, -0.2) is 14.5 Å². The van der Waals surface area contributed by atoms with Crippen LogP contribution in [0.15, 0.2) is 91.1 Å². The van der Waals surface area contributed by atoms with Crippen molar-refractivity contribution in [1.82, 2.24) is 14.8 Å². The fourth-order valence-electron chi connectivity index (χ4n) is 3.58. The molecule has 0 saturated heterocycles. The van der Waals surface area contributed by atoms with Gasteiger partial charge >= 0.3 is 5.97 Å². The Kier molecular flexibility index (Phi) is 5.46. The van der Waals surface area contributed by atoms with Crippen molar-refractivity contribution in [2.75, 3.05) is 7.11 Å². The molecule has 0 bridgehead atoms. The molecule has 2 heterocycles. The minimum atomic E-state index is -1.00. The van der Waals surface area contributed by atoms with Gasteiger partial charge in [0.25, 0.3) is 0 Å². The zero-order valence-electron chi connectivity index (χ0n) is 17.7. The summed E-state index contributed by atoms with van der Waals surface area (Å²) in [6, 6.07) is 26.8. The molecule has 2 aromatic heterocycles. The Balaban J connectivity index is 1.70. The number of aromatic nitrogens is 3. The van der Waals surface area contributed by atoms with Crippen LogP contribution < -0.4 is 4.74 Å². The molecule has 0 aliphatic heterocycles. The molecule has 0 radical (unpaired) electrons. The van der Waals surface area contributed by atoms with Crippen molar-refractivity contribution >= 4 is 17.3 Å². The Morgan fingerprint density at radius 2 is 1.52 bits per heavy atom. The minimum Gasteiger partial charge on any atom is -0.497 e. The zero-order valence-corrected chi connectivity index (χ0v) is 18.5. The number of thiazole rings is 1. The lowest BCUT2D eigenvalue weighted by Crippen LogP contribution is -1.95. The van der Waals surface area contributed by atoms with E-state index in [4.69, 9.17) is 14.8 Å². The van der Waals surface area contributed by atoms with Gasteiger partial charge in [-0.2, -0.15) is 5.10 Å². The molecule has 7 heteroatoms. The predicted molar refractivity (Wildman–Crippen MR) is 129 cm³/mol. The maximum absolute atomic E-state index is 12.0. The van der Waals surface area contributed by atoms with Crippen molar-refractivity contribution in [3.63, 3.8) is 0 Å². The molecule has 5 rings (SSSR count). The Morgan fingerprint density at radius 1 is 0.879 bits per heavy atom. The third kappa shape index (κ3) is 4.02. The van der Waals surface area contributed by atoms with Crippen molar-refractivity contribution in [3.8, 4) is 44.5 Å². The monoisotopic (exact) mass is 453 g/mol. The lowest BCUT2D eigenvalue weighted by atomic mass is 10.1. The minimum absolute atomic E-state index is 0.198. The predicted octanol–water partition coefficient (Wildman–Crippen LogP) is 6.04. The number of methoxy groups -OCH3 is 1. The quantitative estimate of drug-likeness (QED) is 0.339. The third-order valence-corrected chi connectivity index (χ3v) is 6.27. The van der Waals surface area contributed by atoms with Gasteiger partial charge in [-0.1, -0.05) is 48.5 Å². The summed E-state index contributed by atoms with van der Waals surface area (Å²) in [5.74, 6) is -0.254. The average molecular weight is 454 g/mol. The number of para-hydroxylation sites is 1. The molecular formula is C26H19N3O3S. The van der Waals surface area contributed by atoms with Crippen LogP contribution in [0.4, 0.5) is 0 Å². The summed E-state index contributed by atoms with van der Waals surface area (Å²) < 4.78 is 7.08. The molecule has 0 fully saturated rings. The number of benzene rings is 3. The molecule has 0 spiro atoms. The van der Waals surface area contributed by atoms with Gasteiger partial charge in [-0.05, 0) is 36.4 Å². The van der Waals surface area contributed by atoms with Gasteiger partial charge < -0.3 is 9.84 Å². The molecule has 0 saturated carbocycles. The number of rotatable bonds is 6. The van der Waals surface area contributed by atoms with Gasteiger partial charge in [0, 0.05) is 17.3 Å². The molecular weight excluding hydrogens is 434 g/mol. The second kappa shape index (κ2) is 8.72. The van der Waals surface area contributed by atoms with Crippen LogP contribution in [0.25, 0.3) is 38.8 Å². The zero-order chi connectivity index (χ0) is 22.8. The van der Waals surface area contributed by atoms with Gasteiger partial charge in [-0.3, -0.25) is 0 Å². The van der Waals surface area contributed by atoms with Crippen LogP contribution in [0, 0.1) is 0 Å². The maximum atomic E-state index is 12.0. The summed E-state index contributed by atoms with van der Waals surface area (Å²) in [6.45, 7) is 0. The molecule has 0 aliphatic carbocycles. The topological polar surface area (TPSA) is 77.2 Å². The lowest BCUT2D eigenvalue weighted by molar-refractivity contribution is 0.0702. The highest BCUT2D eigenvalue weighted by atomic mass is 32.1. The number of aromatic carboxylic acids is 1. The van der Waals surface area contributed by atoms with E-state index in [1.54, 1.807) is 11.8 Å². The Morgan fingerprint density at radius 3 is 2.15 bits per heavy atom. The van der Waals surface area contributed by atoms with Crippen molar-refractivity contribution < 1.29 is 14.6 Å². The first-order chi connectivity index (χ1) is 16.1. The first kappa shape index (κ1) is 20.7. The molecule has 162 valence electrons. The van der Waals surface area contributed by atoms with E-state index < -0.39 is 5.97 Å². The first-order valence-electron chi connectivity index (χ1n) is 10.2. The highest BCUT2D eigenvalue weighted by molar-refractivity contribution is 7.17. The van der Waals surface area contributed by atoms with E-state index in [1.165, 1.54) is 0 Å². The number of nitrogens with zero attached hydrogens (tertiary/aromatic N) is 3. The molecule has 6 nitrogen and oxygen atoms in total. The fourth-order valence-corrected chi connectivity index (χ4v) is 4.51. The molecule has 0 amide bonds. The SMILES string of the molecule is COc1ccc(-c2nn(-c3ccccc3)cc2-c2nc(-c3ccccc3)c(C(=O)O)s2)cc1. The molecule has 3 aromatic carbocycles. The van der Waals surface area contributed by atoms with Gasteiger partial charge in [0.15, 0.2) is 0 Å². The summed E-state index contributed by atoms with van der Waals surface area (Å²) in [5.41, 5.74) is 4.48. The molecule has 0 unspecified atom stereocenters. The molecule has 0 atom stereocenters. The van der Waals surface area contributed by atoms with E-state index >= 15 is 0 Å². The summed E-state index contributed by atoms with van der Waals surface area (Å²) in [6.07, 6.45) is 1.90. The highest BCUT2D eigenvalue weighted by Gasteiger charge is 2.23. The largest absolute Gasteiger partial charge is 0.497 e. The van der Waals surface area contributed by atoms with Gasteiger partial charge in [-0.15, -0.1) is 11.3 Å². The number of hydrogen-bond acceptors (Lipinski definition) is 5. The normalized spacial score (nSPS) is 10.8. The maximum Gasteiger partial charge on any atom is 0.348 e. The molecule has 5 aromatic rings. The number of ether oxygens (including phenoxy) is 1. The summed E-state index contributed by atoms with van der Waals surface area (Å²) in [7, 11) is 1.62. The first-order valence-corrected chi connectivity index (χ1v) is 11.0. The number of carbonyl (C=O) groups is 1. The average Bonchev–Trinajstić information content (AvgIpc) is 3.51. The fraction of sp³-hybridized carbons (Fsp3) is 0.0385. The van der Waals surface area contributed by atoms with Crippen LogP contribution in [-0.4, -0.2) is 33.0 Å². The van der Waals surface area contributed by atoms with Crippen LogP contribution in [0.3, 0.4) is 0 Å². The van der Waals surface area contributed by atoms with Crippen molar-refractivity contribution in [2.45, 2.75) is 0 Å². The third-order valence-electron chi connectivity index (χ3n) is 5.20. The molecule has 33 heavy (non-hydrogen) atoms. The smallest absolute Gasteiger partial charge is 0.348 e. The van der Waals surface area contributed by atoms with Gasteiger partial charge in [0.2, 0.25) is 0 Å². The van der Waals surface area contributed by atoms with Crippen LogP contribution in [0.2, 0.25) is 0 Å². The summed E-state index contributed by atoms with van der Waals surface area (Å²) in [4.78, 5) is 17.0. The van der Waals surface area contributed by atoms with E-state index in [9.17, 15) is 9.90 Å². The second-order valence-electron chi connectivity index (χ2n) is 7.27. The number of hydrogen-bond donors (Lipinski definition) is 1. The Labute approximate surface area is 194 Å². The van der Waals surface area contributed by atoms with Crippen LogP contribution in [-0.2, 0) is 0 Å². The van der Waals surface area contributed by atoms with Crippen LogP contribution >= 0.6 is 11.3 Å². The summed E-state index contributed by atoms with van der Waals surface area (Å²) in [5, 5.41) is 15.3. The lowest BCUT2D eigenvalue weighted by Gasteiger charge is -2.03. The van der Waals surface area contributed by atoms with E-state index in [1.807, 2.05) is 91.1 Å². The van der Waals surface area contributed by atoms with Crippen molar-refractivity contribution in [1.29, 1.82) is 0 Å². The number of carboxylic acids is 1. The van der Waals surface area contributed by atoms with Crippen LogP contribution in [0.5, 0.6) is 5.75 Å². The Hall–Kier alpha value is -4.23. The standard InChI is InChI=1S/C26H19N3O3S/c1-32-20-14-12-18(13-15-20)22-21(16-29(28-22)19-10-6-3-7-11-19)25-27-23(24(33-25)26(30)31)17-8-4-2-5-9-17/h2-16H,1H3,(H,30,31). The van der Waals surface area contributed by atoms with Crippen molar-refractivity contribution in [2.24, 2.45) is 0 Å². The van der Waals surface area contributed by atoms with E-state index in [2.05, 4.69) is 0 Å².